The molecule has 0 radical (unpaired) electrons. The maximum absolute atomic E-state index is 5.64. The van der Waals surface area contributed by atoms with Crippen LogP contribution in [0.4, 0.5) is 5.13 Å². The van der Waals surface area contributed by atoms with E-state index in [4.69, 9.17) is 5.73 Å². The minimum atomic E-state index is 0.710. The first-order valence-electron chi connectivity index (χ1n) is 4.76. The summed E-state index contributed by atoms with van der Waals surface area (Å²) in [6.07, 6.45) is 0. The molecule has 1 aliphatic rings. The van der Waals surface area contributed by atoms with Gasteiger partial charge in [-0.1, -0.05) is 0 Å². The van der Waals surface area contributed by atoms with Crippen LogP contribution in [0.25, 0.3) is 0 Å². The lowest BCUT2D eigenvalue weighted by Crippen LogP contribution is -2.27. The highest BCUT2D eigenvalue weighted by Gasteiger charge is 2.22. The number of rotatable bonds is 3. The van der Waals surface area contributed by atoms with Crippen LogP contribution in [0.15, 0.2) is 0 Å². The number of hydrogen-bond acceptors (Lipinski definition) is 5. The Bertz CT molecular complexity index is 297. The fraction of sp³-hybridized carbons (Fsp3) is 0.667. The molecule has 0 saturated heterocycles. The van der Waals surface area contributed by atoms with Crippen molar-refractivity contribution in [3.63, 3.8) is 0 Å². The van der Waals surface area contributed by atoms with Crippen molar-refractivity contribution in [2.24, 2.45) is 0 Å². The van der Waals surface area contributed by atoms with Crippen molar-refractivity contribution < 1.29 is 0 Å². The minimum absolute atomic E-state index is 0.710. The highest BCUT2D eigenvalue weighted by Crippen LogP contribution is 2.28. The second-order valence-corrected chi connectivity index (χ2v) is 5.05. The highest BCUT2D eigenvalue weighted by atomic mass is 32.1. The first-order chi connectivity index (χ1) is 6.65. The van der Waals surface area contributed by atoms with Crippen LogP contribution in [0.1, 0.15) is 10.6 Å². The van der Waals surface area contributed by atoms with E-state index in [2.05, 4.69) is 28.9 Å². The summed E-state index contributed by atoms with van der Waals surface area (Å²) in [5.74, 6) is 0. The number of nitrogens with two attached hydrogens (primary N) is 1. The SMILES string of the molecule is CN(C)CCN1Cc2nc(N)sc2C1. The van der Waals surface area contributed by atoms with Gasteiger partial charge in [0.2, 0.25) is 0 Å². The Morgan fingerprint density at radius 2 is 2.29 bits per heavy atom. The third kappa shape index (κ3) is 2.05. The molecule has 0 saturated carbocycles. The van der Waals surface area contributed by atoms with Gasteiger partial charge < -0.3 is 10.6 Å². The van der Waals surface area contributed by atoms with E-state index in [9.17, 15) is 0 Å². The lowest BCUT2D eigenvalue weighted by atomic mass is 10.4. The van der Waals surface area contributed by atoms with Crippen LogP contribution in [-0.4, -0.2) is 42.0 Å². The van der Waals surface area contributed by atoms with Crippen LogP contribution in [0.5, 0.6) is 0 Å². The molecule has 1 aromatic heterocycles. The van der Waals surface area contributed by atoms with Crippen LogP contribution in [-0.2, 0) is 13.1 Å². The van der Waals surface area contributed by atoms with Crippen LogP contribution >= 0.6 is 11.3 Å². The summed E-state index contributed by atoms with van der Waals surface area (Å²) in [5.41, 5.74) is 6.82. The maximum atomic E-state index is 5.64. The van der Waals surface area contributed by atoms with E-state index >= 15 is 0 Å². The van der Waals surface area contributed by atoms with E-state index in [0.717, 1.165) is 26.2 Å². The summed E-state index contributed by atoms with van der Waals surface area (Å²) in [5, 5.41) is 0.710. The lowest BCUT2D eigenvalue weighted by Gasteiger charge is -2.17. The van der Waals surface area contributed by atoms with Crippen LogP contribution in [0.3, 0.4) is 0 Å². The highest BCUT2D eigenvalue weighted by molar-refractivity contribution is 7.15. The second kappa shape index (κ2) is 3.84. The zero-order valence-corrected chi connectivity index (χ0v) is 9.47. The van der Waals surface area contributed by atoms with Gasteiger partial charge >= 0.3 is 0 Å². The molecule has 0 atom stereocenters. The number of likely N-dealkylation sites (N-methyl/N-ethyl adjacent to an activating group) is 1. The number of thiazole rings is 1. The van der Waals surface area contributed by atoms with Gasteiger partial charge in [0.05, 0.1) is 5.69 Å². The van der Waals surface area contributed by atoms with E-state index in [1.165, 1.54) is 10.6 Å². The molecule has 1 aliphatic heterocycles. The van der Waals surface area contributed by atoms with Crippen molar-refractivity contribution in [1.29, 1.82) is 0 Å². The zero-order valence-electron chi connectivity index (χ0n) is 8.66. The van der Waals surface area contributed by atoms with Gasteiger partial charge in [0.1, 0.15) is 0 Å². The van der Waals surface area contributed by atoms with Crippen molar-refractivity contribution in [1.82, 2.24) is 14.8 Å². The van der Waals surface area contributed by atoms with Gasteiger partial charge in [0.25, 0.3) is 0 Å². The largest absolute Gasteiger partial charge is 0.375 e. The average molecular weight is 212 g/mol. The predicted octanol–water partition coefficient (Wildman–Crippen LogP) is 0.602. The topological polar surface area (TPSA) is 45.4 Å². The van der Waals surface area contributed by atoms with Gasteiger partial charge in [-0.25, -0.2) is 4.98 Å². The predicted molar refractivity (Wildman–Crippen MR) is 59.2 cm³/mol. The van der Waals surface area contributed by atoms with Crippen molar-refractivity contribution in [2.45, 2.75) is 13.1 Å². The van der Waals surface area contributed by atoms with E-state index in [1.54, 1.807) is 11.3 Å². The molecule has 0 amide bonds. The Morgan fingerprint density at radius 1 is 1.50 bits per heavy atom. The fourth-order valence-electron chi connectivity index (χ4n) is 1.62. The molecule has 0 aromatic carbocycles. The standard InChI is InChI=1S/C9H16N4S/c1-12(2)3-4-13-5-7-8(6-13)14-9(10)11-7/h3-6H2,1-2H3,(H2,10,11). The Morgan fingerprint density at radius 3 is 2.93 bits per heavy atom. The molecule has 2 rings (SSSR count). The smallest absolute Gasteiger partial charge is 0.180 e. The van der Waals surface area contributed by atoms with Gasteiger partial charge in [-0.05, 0) is 14.1 Å². The molecule has 2 N–H and O–H groups in total. The Labute approximate surface area is 88.3 Å². The molecule has 78 valence electrons. The number of anilines is 1. The molecule has 0 spiro atoms. The van der Waals surface area contributed by atoms with Crippen LogP contribution < -0.4 is 5.73 Å². The quantitative estimate of drug-likeness (QED) is 0.797. The number of nitrogens with zero attached hydrogens (tertiary/aromatic N) is 3. The number of aromatic nitrogens is 1. The third-order valence-corrected chi connectivity index (χ3v) is 3.31. The summed E-state index contributed by atoms with van der Waals surface area (Å²) < 4.78 is 0. The van der Waals surface area contributed by atoms with Gasteiger partial charge in [0, 0.05) is 31.1 Å². The molecule has 0 aliphatic carbocycles. The van der Waals surface area contributed by atoms with E-state index in [0.29, 0.717) is 5.13 Å². The molecule has 0 bridgehead atoms. The van der Waals surface area contributed by atoms with Crippen LogP contribution in [0.2, 0.25) is 0 Å². The van der Waals surface area contributed by atoms with Gasteiger partial charge in [0.15, 0.2) is 5.13 Å². The van der Waals surface area contributed by atoms with Gasteiger partial charge in [-0.2, -0.15) is 0 Å². The zero-order chi connectivity index (χ0) is 10.1. The number of nitrogen functional groups attached to an aromatic ring is 1. The Kier molecular flexibility index (Phi) is 2.71. The first-order valence-corrected chi connectivity index (χ1v) is 5.58. The molecule has 14 heavy (non-hydrogen) atoms. The number of hydrogen-bond donors (Lipinski definition) is 1. The molecular formula is C9H16N4S. The Hall–Kier alpha value is -0.650. The summed E-state index contributed by atoms with van der Waals surface area (Å²) in [6, 6.07) is 0. The van der Waals surface area contributed by atoms with Gasteiger partial charge in [-0.3, -0.25) is 4.90 Å². The molecule has 4 nitrogen and oxygen atoms in total. The van der Waals surface area contributed by atoms with Crippen molar-refractivity contribution in [2.75, 3.05) is 32.9 Å². The third-order valence-electron chi connectivity index (χ3n) is 2.40. The van der Waals surface area contributed by atoms with Crippen molar-refractivity contribution in [3.8, 4) is 0 Å². The van der Waals surface area contributed by atoms with E-state index < -0.39 is 0 Å². The average Bonchev–Trinajstić information content (AvgIpc) is 2.57. The van der Waals surface area contributed by atoms with E-state index in [1.807, 2.05) is 0 Å². The van der Waals surface area contributed by atoms with Crippen LogP contribution in [0, 0.1) is 0 Å². The minimum Gasteiger partial charge on any atom is -0.375 e. The monoisotopic (exact) mass is 212 g/mol. The molecular weight excluding hydrogens is 196 g/mol. The maximum Gasteiger partial charge on any atom is 0.180 e. The lowest BCUT2D eigenvalue weighted by molar-refractivity contribution is 0.246. The molecule has 1 aromatic rings. The summed E-state index contributed by atoms with van der Waals surface area (Å²) in [4.78, 5) is 10.3. The summed E-state index contributed by atoms with van der Waals surface area (Å²) in [7, 11) is 4.20. The second-order valence-electron chi connectivity index (χ2n) is 3.94. The van der Waals surface area contributed by atoms with Crippen molar-refractivity contribution in [3.05, 3.63) is 10.6 Å². The Balaban J connectivity index is 1.89. The van der Waals surface area contributed by atoms with Crippen molar-refractivity contribution >= 4 is 16.5 Å². The van der Waals surface area contributed by atoms with Gasteiger partial charge in [-0.15, -0.1) is 11.3 Å². The molecule has 2 heterocycles. The summed E-state index contributed by atoms with van der Waals surface area (Å²) in [6.45, 7) is 4.20. The van der Waals surface area contributed by atoms with E-state index in [-0.39, 0.29) is 0 Å². The molecule has 5 heteroatoms. The normalized spacial score (nSPS) is 16.5. The molecule has 0 unspecified atom stereocenters. The summed E-state index contributed by atoms with van der Waals surface area (Å²) >= 11 is 1.63. The molecule has 0 fully saturated rings. The number of fused-ring (bicyclic) bond motifs is 1. The fourth-order valence-corrected chi connectivity index (χ4v) is 2.50. The first kappa shape index (κ1) is 9.89.